The molecule has 0 heterocycles. The minimum atomic E-state index is 0.108. The average molecular weight is 196 g/mol. The Hall–Kier alpha value is -0.530. The number of hydrogen-bond donors (Lipinski definition) is 0. The number of hydrogen-bond acceptors (Lipinski definition) is 1. The van der Waals surface area contributed by atoms with Gasteiger partial charge in [-0.3, -0.25) is 10.1 Å². The van der Waals surface area contributed by atoms with E-state index in [4.69, 9.17) is 0 Å². The van der Waals surface area contributed by atoms with Gasteiger partial charge < -0.3 is 0 Å². The van der Waals surface area contributed by atoms with Crippen LogP contribution in [0.2, 0.25) is 0 Å². The molecule has 0 N–H and O–H groups in total. The molecule has 0 bridgehead atoms. The second-order valence-electron chi connectivity index (χ2n) is 4.26. The van der Waals surface area contributed by atoms with Crippen LogP contribution in [-0.2, 0) is 4.79 Å². The number of rotatable bonds is 4. The summed E-state index contributed by atoms with van der Waals surface area (Å²) in [5.74, 6) is 0.908. The van der Waals surface area contributed by atoms with E-state index in [9.17, 15) is 4.79 Å². The van der Waals surface area contributed by atoms with Gasteiger partial charge in [0.05, 0.1) is 0 Å². The maximum absolute atomic E-state index is 11.2. The highest BCUT2D eigenvalue weighted by atomic mass is 16.1. The fourth-order valence-electron chi connectivity index (χ4n) is 2.24. The molecule has 0 atom stereocenters. The molecular weight excluding hydrogens is 174 g/mol. The topological polar surface area (TPSA) is 31.2 Å². The first-order valence-corrected chi connectivity index (χ1v) is 6.03. The highest BCUT2D eigenvalue weighted by molar-refractivity contribution is 5.75. The summed E-state index contributed by atoms with van der Waals surface area (Å²) in [5.41, 5.74) is 0. The molecule has 0 aliphatic heterocycles. The number of amides is 1. The van der Waals surface area contributed by atoms with Crippen LogP contribution in [0.4, 0.5) is 0 Å². The van der Waals surface area contributed by atoms with Crippen LogP contribution in [0.15, 0.2) is 0 Å². The molecule has 1 aliphatic rings. The smallest absolute Gasteiger partial charge is 0.241 e. The van der Waals surface area contributed by atoms with Crippen molar-refractivity contribution in [2.75, 3.05) is 6.54 Å². The summed E-state index contributed by atoms with van der Waals surface area (Å²) in [6.07, 6.45) is 9.93. The Balaban J connectivity index is 2.12. The van der Waals surface area contributed by atoms with E-state index in [0.717, 1.165) is 12.3 Å². The van der Waals surface area contributed by atoms with E-state index in [1.807, 2.05) is 6.92 Å². The quantitative estimate of drug-likeness (QED) is 0.636. The molecule has 1 saturated carbocycles. The zero-order valence-corrected chi connectivity index (χ0v) is 9.30. The van der Waals surface area contributed by atoms with E-state index in [-0.39, 0.29) is 5.91 Å². The van der Waals surface area contributed by atoms with Crippen molar-refractivity contribution in [3.8, 4) is 0 Å². The Kier molecular flexibility index (Phi) is 5.65. The molecule has 1 fully saturated rings. The molecular formula is C12H22NO. The summed E-state index contributed by atoms with van der Waals surface area (Å²) in [5, 5.41) is 3.89. The summed E-state index contributed by atoms with van der Waals surface area (Å²) >= 11 is 0. The van der Waals surface area contributed by atoms with Crippen LogP contribution in [0.5, 0.6) is 0 Å². The number of carbonyl (C=O) groups excluding carboxylic acids is 1. The second kappa shape index (κ2) is 6.86. The van der Waals surface area contributed by atoms with Crippen LogP contribution >= 0.6 is 0 Å². The number of nitrogens with zero attached hydrogens (tertiary/aromatic N) is 1. The first kappa shape index (κ1) is 11.5. The summed E-state index contributed by atoms with van der Waals surface area (Å²) in [6.45, 7) is 2.56. The Labute approximate surface area is 87.5 Å². The molecule has 0 aromatic heterocycles. The standard InChI is InChI=1S/C12H22NO/c1-2-13-12(14)10-9-11-7-5-3-4-6-8-11/h11H,2-10H2,1H3. The highest BCUT2D eigenvalue weighted by Crippen LogP contribution is 2.26. The van der Waals surface area contributed by atoms with Gasteiger partial charge in [-0.15, -0.1) is 0 Å². The van der Waals surface area contributed by atoms with Gasteiger partial charge in [0, 0.05) is 13.0 Å². The van der Waals surface area contributed by atoms with E-state index in [0.29, 0.717) is 13.0 Å². The molecule has 0 aromatic carbocycles. The maximum atomic E-state index is 11.2. The Morgan fingerprint density at radius 1 is 1.21 bits per heavy atom. The van der Waals surface area contributed by atoms with E-state index in [2.05, 4.69) is 5.32 Å². The third-order valence-corrected chi connectivity index (χ3v) is 3.08. The van der Waals surface area contributed by atoms with Gasteiger partial charge in [-0.05, 0) is 19.3 Å². The molecule has 2 nitrogen and oxygen atoms in total. The Bertz CT molecular complexity index is 160. The molecule has 14 heavy (non-hydrogen) atoms. The van der Waals surface area contributed by atoms with Crippen molar-refractivity contribution in [3.05, 3.63) is 0 Å². The van der Waals surface area contributed by atoms with Gasteiger partial charge in [-0.1, -0.05) is 38.5 Å². The molecule has 0 saturated heterocycles. The number of carbonyl (C=O) groups is 1. The lowest BCUT2D eigenvalue weighted by Gasteiger charge is -2.12. The summed E-state index contributed by atoms with van der Waals surface area (Å²) in [6, 6.07) is 0. The van der Waals surface area contributed by atoms with Gasteiger partial charge in [0.15, 0.2) is 0 Å². The predicted molar refractivity (Wildman–Crippen MR) is 58.1 cm³/mol. The van der Waals surface area contributed by atoms with Gasteiger partial charge in [-0.2, -0.15) is 0 Å². The largest absolute Gasteiger partial charge is 0.273 e. The molecule has 1 aliphatic carbocycles. The first-order valence-electron chi connectivity index (χ1n) is 6.03. The van der Waals surface area contributed by atoms with Gasteiger partial charge in [0.25, 0.3) is 0 Å². The fourth-order valence-corrected chi connectivity index (χ4v) is 2.24. The lowest BCUT2D eigenvalue weighted by atomic mass is 9.95. The minimum Gasteiger partial charge on any atom is -0.273 e. The van der Waals surface area contributed by atoms with E-state index < -0.39 is 0 Å². The van der Waals surface area contributed by atoms with Crippen molar-refractivity contribution in [1.82, 2.24) is 5.32 Å². The van der Waals surface area contributed by atoms with Crippen molar-refractivity contribution in [1.29, 1.82) is 0 Å². The van der Waals surface area contributed by atoms with E-state index in [1.165, 1.54) is 38.5 Å². The molecule has 2 heteroatoms. The fraction of sp³-hybridized carbons (Fsp3) is 0.917. The van der Waals surface area contributed by atoms with Crippen LogP contribution in [-0.4, -0.2) is 12.5 Å². The van der Waals surface area contributed by atoms with Crippen LogP contribution < -0.4 is 5.32 Å². The normalized spacial score (nSPS) is 18.9. The second-order valence-corrected chi connectivity index (χ2v) is 4.26. The highest BCUT2D eigenvalue weighted by Gasteiger charge is 2.13. The van der Waals surface area contributed by atoms with Crippen molar-refractivity contribution >= 4 is 5.91 Å². The van der Waals surface area contributed by atoms with Crippen molar-refractivity contribution in [2.24, 2.45) is 5.92 Å². The molecule has 1 radical (unpaired) electrons. The van der Waals surface area contributed by atoms with Gasteiger partial charge in [0.2, 0.25) is 5.91 Å². The molecule has 1 rings (SSSR count). The summed E-state index contributed by atoms with van der Waals surface area (Å²) in [7, 11) is 0. The molecule has 0 aromatic rings. The third kappa shape index (κ3) is 4.64. The Morgan fingerprint density at radius 2 is 1.86 bits per heavy atom. The summed E-state index contributed by atoms with van der Waals surface area (Å²) in [4.78, 5) is 11.2. The van der Waals surface area contributed by atoms with Crippen molar-refractivity contribution in [2.45, 2.75) is 58.3 Å². The lowest BCUT2D eigenvalue weighted by Crippen LogP contribution is -2.15. The van der Waals surface area contributed by atoms with Crippen LogP contribution in [0.3, 0.4) is 0 Å². The zero-order chi connectivity index (χ0) is 10.2. The Morgan fingerprint density at radius 3 is 2.43 bits per heavy atom. The molecule has 0 unspecified atom stereocenters. The first-order chi connectivity index (χ1) is 6.83. The van der Waals surface area contributed by atoms with E-state index >= 15 is 0 Å². The van der Waals surface area contributed by atoms with Crippen LogP contribution in [0.1, 0.15) is 58.3 Å². The predicted octanol–water partition coefficient (Wildman–Crippen LogP) is 2.89. The summed E-state index contributed by atoms with van der Waals surface area (Å²) < 4.78 is 0. The SMILES string of the molecule is CC[N]C(=O)CCC1CCCCCC1. The molecule has 1 amide bonds. The van der Waals surface area contributed by atoms with E-state index in [1.54, 1.807) is 0 Å². The van der Waals surface area contributed by atoms with Crippen LogP contribution in [0, 0.1) is 5.92 Å². The van der Waals surface area contributed by atoms with Crippen molar-refractivity contribution < 1.29 is 4.79 Å². The average Bonchev–Trinajstić information content (AvgIpc) is 2.43. The van der Waals surface area contributed by atoms with Gasteiger partial charge >= 0.3 is 0 Å². The van der Waals surface area contributed by atoms with Crippen molar-refractivity contribution in [3.63, 3.8) is 0 Å². The minimum absolute atomic E-state index is 0.108. The molecule has 0 spiro atoms. The zero-order valence-electron chi connectivity index (χ0n) is 9.30. The van der Waals surface area contributed by atoms with Crippen LogP contribution in [0.25, 0.3) is 0 Å². The lowest BCUT2D eigenvalue weighted by molar-refractivity contribution is -0.121. The maximum Gasteiger partial charge on any atom is 0.241 e. The monoisotopic (exact) mass is 196 g/mol. The van der Waals surface area contributed by atoms with Gasteiger partial charge in [0.1, 0.15) is 0 Å². The molecule has 81 valence electrons. The third-order valence-electron chi connectivity index (χ3n) is 3.08. The van der Waals surface area contributed by atoms with Gasteiger partial charge in [-0.25, -0.2) is 0 Å².